The van der Waals surface area contributed by atoms with Gasteiger partial charge < -0.3 is 19.7 Å². The van der Waals surface area contributed by atoms with Crippen molar-refractivity contribution in [3.05, 3.63) is 46.3 Å². The fourth-order valence-corrected chi connectivity index (χ4v) is 4.31. The average molecular weight is 417 g/mol. The highest BCUT2D eigenvalue weighted by atomic mass is 32.1. The minimum absolute atomic E-state index is 0.230. The van der Waals surface area contributed by atoms with E-state index in [0.29, 0.717) is 42.4 Å². The van der Waals surface area contributed by atoms with Gasteiger partial charge in [-0.05, 0) is 38.0 Å². The van der Waals surface area contributed by atoms with Gasteiger partial charge >= 0.3 is 18.1 Å². The number of hydrogen-bond donors (Lipinski definition) is 2. The molecule has 1 aromatic carbocycles. The maximum absolute atomic E-state index is 12.6. The Kier molecular flexibility index (Phi) is 6.71. The summed E-state index contributed by atoms with van der Waals surface area (Å²) in [6.45, 7) is 4.78. The van der Waals surface area contributed by atoms with E-state index in [0.717, 1.165) is 10.4 Å². The zero-order valence-electron chi connectivity index (χ0n) is 16.3. The van der Waals surface area contributed by atoms with Crippen LogP contribution in [0, 0.1) is 0 Å². The third-order valence-electron chi connectivity index (χ3n) is 4.32. The Labute approximate surface area is 172 Å². The number of hydrogen-bond acceptors (Lipinski definition) is 6. The lowest BCUT2D eigenvalue weighted by Gasteiger charge is -2.26. The molecule has 2 N–H and O–H groups in total. The molecule has 3 rings (SSSR count). The van der Waals surface area contributed by atoms with Crippen molar-refractivity contribution in [2.75, 3.05) is 30.4 Å². The molecule has 9 heteroatoms. The highest BCUT2D eigenvalue weighted by Gasteiger charge is 2.31. The van der Waals surface area contributed by atoms with Crippen molar-refractivity contribution in [3.63, 3.8) is 0 Å². The summed E-state index contributed by atoms with van der Waals surface area (Å²) in [5, 5.41) is 5.90. The Morgan fingerprint density at radius 2 is 1.79 bits per heavy atom. The summed E-state index contributed by atoms with van der Waals surface area (Å²) in [6, 6.07) is 8.55. The molecular weight excluding hydrogens is 394 g/mol. The summed E-state index contributed by atoms with van der Waals surface area (Å²) in [5.41, 5.74) is 1.81. The summed E-state index contributed by atoms with van der Waals surface area (Å²) < 4.78 is 10.3. The molecule has 1 aliphatic rings. The maximum Gasteiger partial charge on any atom is 0.410 e. The predicted octanol–water partition coefficient (Wildman–Crippen LogP) is 4.08. The Hall–Kier alpha value is -3.07. The van der Waals surface area contributed by atoms with E-state index in [2.05, 4.69) is 10.6 Å². The lowest BCUT2D eigenvalue weighted by atomic mass is 10.0. The molecule has 1 aliphatic heterocycles. The number of amides is 3. The number of anilines is 2. The summed E-state index contributed by atoms with van der Waals surface area (Å²) in [5.74, 6) is -0.482. The molecule has 3 amide bonds. The molecule has 2 aromatic rings. The van der Waals surface area contributed by atoms with Crippen LogP contribution in [0.1, 0.15) is 34.6 Å². The van der Waals surface area contributed by atoms with Gasteiger partial charge in [-0.15, -0.1) is 11.3 Å². The van der Waals surface area contributed by atoms with Gasteiger partial charge in [0.2, 0.25) is 0 Å². The van der Waals surface area contributed by atoms with Crippen LogP contribution >= 0.6 is 11.3 Å². The molecule has 0 aliphatic carbocycles. The SMILES string of the molecule is CCOC(=O)c1c(NC(=O)Nc2ccccc2)sc2c1CCN(C(=O)OCC)C2. The summed E-state index contributed by atoms with van der Waals surface area (Å²) in [7, 11) is 0. The van der Waals surface area contributed by atoms with E-state index >= 15 is 0 Å². The number of benzene rings is 1. The number of fused-ring (bicyclic) bond motifs is 1. The molecule has 0 unspecified atom stereocenters. The van der Waals surface area contributed by atoms with Crippen LogP contribution in [0.15, 0.2) is 30.3 Å². The van der Waals surface area contributed by atoms with Gasteiger partial charge in [0.25, 0.3) is 0 Å². The first-order valence-corrected chi connectivity index (χ1v) is 10.2. The van der Waals surface area contributed by atoms with E-state index in [9.17, 15) is 14.4 Å². The first-order valence-electron chi connectivity index (χ1n) is 9.39. The molecule has 0 saturated heterocycles. The van der Waals surface area contributed by atoms with Crippen molar-refractivity contribution in [3.8, 4) is 0 Å². The third kappa shape index (κ3) is 4.86. The lowest BCUT2D eigenvalue weighted by molar-refractivity contribution is 0.0526. The van der Waals surface area contributed by atoms with E-state index in [1.54, 1.807) is 30.9 Å². The van der Waals surface area contributed by atoms with Gasteiger partial charge in [-0.1, -0.05) is 18.2 Å². The number of thiophene rings is 1. The van der Waals surface area contributed by atoms with Crippen LogP contribution in [0.4, 0.5) is 20.3 Å². The second-order valence-corrected chi connectivity index (χ2v) is 7.35. The topological polar surface area (TPSA) is 97.0 Å². The molecule has 29 heavy (non-hydrogen) atoms. The molecule has 0 saturated carbocycles. The Bertz CT molecular complexity index is 897. The number of esters is 1. The number of nitrogens with zero attached hydrogens (tertiary/aromatic N) is 1. The zero-order chi connectivity index (χ0) is 20.8. The van der Waals surface area contributed by atoms with Crippen molar-refractivity contribution in [1.29, 1.82) is 0 Å². The van der Waals surface area contributed by atoms with Crippen LogP contribution in [0.5, 0.6) is 0 Å². The van der Waals surface area contributed by atoms with Gasteiger partial charge in [0.15, 0.2) is 0 Å². The minimum Gasteiger partial charge on any atom is -0.462 e. The Balaban J connectivity index is 1.83. The van der Waals surface area contributed by atoms with E-state index in [1.807, 2.05) is 18.2 Å². The molecule has 154 valence electrons. The molecule has 2 heterocycles. The Morgan fingerprint density at radius 1 is 1.07 bits per heavy atom. The van der Waals surface area contributed by atoms with Crippen LogP contribution < -0.4 is 10.6 Å². The Morgan fingerprint density at radius 3 is 2.48 bits per heavy atom. The van der Waals surface area contributed by atoms with E-state index in [-0.39, 0.29) is 12.7 Å². The van der Waals surface area contributed by atoms with Crippen molar-refractivity contribution in [1.82, 2.24) is 4.90 Å². The van der Waals surface area contributed by atoms with Crippen LogP contribution in [-0.4, -0.2) is 42.8 Å². The molecule has 1 aromatic heterocycles. The van der Waals surface area contributed by atoms with Gasteiger partial charge in [-0.25, -0.2) is 14.4 Å². The normalized spacial score (nSPS) is 12.7. The van der Waals surface area contributed by atoms with Crippen LogP contribution in [0.25, 0.3) is 0 Å². The van der Waals surface area contributed by atoms with E-state index < -0.39 is 12.0 Å². The van der Waals surface area contributed by atoms with Crippen molar-refractivity contribution in [2.45, 2.75) is 26.8 Å². The molecule has 0 bridgehead atoms. The smallest absolute Gasteiger partial charge is 0.410 e. The van der Waals surface area contributed by atoms with Crippen LogP contribution in [-0.2, 0) is 22.4 Å². The number of para-hydroxylation sites is 1. The fraction of sp³-hybridized carbons (Fsp3) is 0.350. The quantitative estimate of drug-likeness (QED) is 0.715. The number of carbonyl (C=O) groups excluding carboxylic acids is 3. The highest BCUT2D eigenvalue weighted by molar-refractivity contribution is 7.17. The van der Waals surface area contributed by atoms with E-state index in [4.69, 9.17) is 9.47 Å². The lowest BCUT2D eigenvalue weighted by Crippen LogP contribution is -2.36. The minimum atomic E-state index is -0.482. The third-order valence-corrected chi connectivity index (χ3v) is 5.45. The second kappa shape index (κ2) is 9.42. The number of ether oxygens (including phenoxy) is 2. The van der Waals surface area contributed by atoms with Crippen molar-refractivity contribution in [2.24, 2.45) is 0 Å². The van der Waals surface area contributed by atoms with Gasteiger partial charge in [0.1, 0.15) is 5.00 Å². The van der Waals surface area contributed by atoms with Gasteiger partial charge in [0.05, 0.1) is 25.3 Å². The number of rotatable bonds is 5. The summed E-state index contributed by atoms with van der Waals surface area (Å²) >= 11 is 1.27. The molecule has 8 nitrogen and oxygen atoms in total. The van der Waals surface area contributed by atoms with Gasteiger partial charge in [0, 0.05) is 17.1 Å². The van der Waals surface area contributed by atoms with Gasteiger partial charge in [-0.2, -0.15) is 0 Å². The first kappa shape index (κ1) is 20.7. The van der Waals surface area contributed by atoms with Crippen molar-refractivity contribution >= 4 is 40.1 Å². The largest absolute Gasteiger partial charge is 0.462 e. The van der Waals surface area contributed by atoms with Crippen LogP contribution in [0.2, 0.25) is 0 Å². The first-order chi connectivity index (χ1) is 14.0. The average Bonchev–Trinajstić information content (AvgIpc) is 3.05. The molecule has 0 radical (unpaired) electrons. The predicted molar refractivity (Wildman–Crippen MR) is 110 cm³/mol. The molecule has 0 fully saturated rings. The van der Waals surface area contributed by atoms with E-state index in [1.165, 1.54) is 11.3 Å². The highest BCUT2D eigenvalue weighted by Crippen LogP contribution is 2.38. The maximum atomic E-state index is 12.6. The number of urea groups is 1. The number of carbonyl (C=O) groups is 3. The summed E-state index contributed by atoms with van der Waals surface area (Å²) in [6.07, 6.45) is 0.0985. The van der Waals surface area contributed by atoms with Crippen LogP contribution in [0.3, 0.4) is 0 Å². The fourth-order valence-electron chi connectivity index (χ4n) is 3.07. The van der Waals surface area contributed by atoms with Crippen molar-refractivity contribution < 1.29 is 23.9 Å². The summed E-state index contributed by atoms with van der Waals surface area (Å²) in [4.78, 5) is 39.5. The molecule has 0 atom stereocenters. The number of nitrogens with one attached hydrogen (secondary N) is 2. The monoisotopic (exact) mass is 417 g/mol. The van der Waals surface area contributed by atoms with Gasteiger partial charge in [-0.3, -0.25) is 5.32 Å². The molecular formula is C20H23N3O5S. The second-order valence-electron chi connectivity index (χ2n) is 6.24. The molecule has 0 spiro atoms. The zero-order valence-corrected chi connectivity index (χ0v) is 17.1. The standard InChI is InChI=1S/C20H23N3O5S/c1-3-27-18(24)16-14-10-11-23(20(26)28-4-2)12-15(14)29-17(16)22-19(25)21-13-8-6-5-7-9-13/h5-9H,3-4,10-12H2,1-2H3,(H2,21,22,25).